The first-order chi connectivity index (χ1) is 13.0. The molecule has 27 heavy (non-hydrogen) atoms. The standard InChI is InChI=1S/C20H19N3O3S/c1-13-21-16(12-27-13)11-19(24)22-15-9-7-14(8-10-15)20(25)23-17-5-3-4-6-18(17)26-2/h3-10,12H,11H2,1-2H3,(H,22,24)(H,23,25). The fourth-order valence-electron chi connectivity index (χ4n) is 2.51. The molecule has 2 aromatic carbocycles. The first kappa shape index (κ1) is 18.6. The maximum absolute atomic E-state index is 12.4. The Morgan fingerprint density at radius 1 is 1.07 bits per heavy atom. The average molecular weight is 381 g/mol. The highest BCUT2D eigenvalue weighted by Crippen LogP contribution is 2.24. The molecule has 0 saturated heterocycles. The average Bonchev–Trinajstić information content (AvgIpc) is 3.07. The van der Waals surface area contributed by atoms with Gasteiger partial charge in [0, 0.05) is 16.6 Å². The number of anilines is 2. The van der Waals surface area contributed by atoms with Crippen molar-refractivity contribution < 1.29 is 14.3 Å². The quantitative estimate of drug-likeness (QED) is 0.679. The fourth-order valence-corrected chi connectivity index (χ4v) is 3.12. The topological polar surface area (TPSA) is 80.3 Å². The summed E-state index contributed by atoms with van der Waals surface area (Å²) >= 11 is 1.52. The van der Waals surface area contributed by atoms with Crippen molar-refractivity contribution in [3.05, 3.63) is 70.2 Å². The van der Waals surface area contributed by atoms with Gasteiger partial charge in [-0.3, -0.25) is 9.59 Å². The lowest BCUT2D eigenvalue weighted by Gasteiger charge is -2.10. The van der Waals surface area contributed by atoms with E-state index in [0.717, 1.165) is 10.7 Å². The number of ether oxygens (including phenoxy) is 1. The summed E-state index contributed by atoms with van der Waals surface area (Å²) in [5, 5.41) is 8.43. The van der Waals surface area contributed by atoms with Crippen molar-refractivity contribution in [2.45, 2.75) is 13.3 Å². The van der Waals surface area contributed by atoms with Crippen LogP contribution < -0.4 is 15.4 Å². The Kier molecular flexibility index (Phi) is 5.83. The van der Waals surface area contributed by atoms with Crippen LogP contribution in [-0.2, 0) is 11.2 Å². The molecule has 0 unspecified atom stereocenters. The molecule has 2 N–H and O–H groups in total. The van der Waals surface area contributed by atoms with Gasteiger partial charge >= 0.3 is 0 Å². The second kappa shape index (κ2) is 8.46. The molecule has 0 aliphatic heterocycles. The van der Waals surface area contributed by atoms with Gasteiger partial charge in [-0.05, 0) is 43.3 Å². The molecule has 1 heterocycles. The molecule has 2 amide bonds. The van der Waals surface area contributed by atoms with E-state index >= 15 is 0 Å². The number of amides is 2. The number of benzene rings is 2. The van der Waals surface area contributed by atoms with Gasteiger partial charge in [-0.25, -0.2) is 4.98 Å². The van der Waals surface area contributed by atoms with Crippen LogP contribution >= 0.6 is 11.3 Å². The Labute approximate surface area is 161 Å². The molecule has 0 fully saturated rings. The fraction of sp³-hybridized carbons (Fsp3) is 0.150. The predicted octanol–water partition coefficient (Wildman–Crippen LogP) is 3.89. The highest BCUT2D eigenvalue weighted by atomic mass is 32.1. The number of nitrogens with zero attached hydrogens (tertiary/aromatic N) is 1. The van der Waals surface area contributed by atoms with E-state index in [1.165, 1.54) is 11.3 Å². The predicted molar refractivity (Wildman–Crippen MR) is 107 cm³/mol. The third-order valence-electron chi connectivity index (χ3n) is 3.79. The molecule has 6 nitrogen and oxygen atoms in total. The number of aromatic nitrogens is 1. The molecule has 1 aromatic heterocycles. The third kappa shape index (κ3) is 4.92. The zero-order chi connectivity index (χ0) is 19.2. The van der Waals surface area contributed by atoms with E-state index in [0.29, 0.717) is 22.7 Å². The molecule has 0 spiro atoms. The van der Waals surface area contributed by atoms with Gasteiger partial charge in [0.15, 0.2) is 0 Å². The van der Waals surface area contributed by atoms with E-state index in [4.69, 9.17) is 4.74 Å². The largest absolute Gasteiger partial charge is 0.495 e. The van der Waals surface area contributed by atoms with Crippen LogP contribution in [0.2, 0.25) is 0 Å². The Morgan fingerprint density at radius 2 is 1.81 bits per heavy atom. The van der Waals surface area contributed by atoms with Crippen molar-refractivity contribution in [2.24, 2.45) is 0 Å². The van der Waals surface area contributed by atoms with Crippen molar-refractivity contribution in [3.8, 4) is 5.75 Å². The molecule has 0 aliphatic rings. The summed E-state index contributed by atoms with van der Waals surface area (Å²) in [5.41, 5.74) is 2.46. The molecule has 0 bridgehead atoms. The SMILES string of the molecule is COc1ccccc1NC(=O)c1ccc(NC(=O)Cc2csc(C)n2)cc1. The minimum Gasteiger partial charge on any atom is -0.495 e. The molecular formula is C20H19N3O3S. The van der Waals surface area contributed by atoms with Gasteiger partial charge in [0.2, 0.25) is 5.91 Å². The monoisotopic (exact) mass is 381 g/mol. The van der Waals surface area contributed by atoms with Gasteiger partial charge in [0.25, 0.3) is 5.91 Å². The molecule has 3 aromatic rings. The number of rotatable bonds is 6. The van der Waals surface area contributed by atoms with Crippen LogP contribution in [0.5, 0.6) is 5.75 Å². The molecule has 0 atom stereocenters. The number of para-hydroxylation sites is 2. The van der Waals surface area contributed by atoms with E-state index in [2.05, 4.69) is 15.6 Å². The van der Waals surface area contributed by atoms with E-state index in [1.807, 2.05) is 24.4 Å². The third-order valence-corrected chi connectivity index (χ3v) is 4.62. The van der Waals surface area contributed by atoms with Crippen LogP contribution in [0.1, 0.15) is 21.1 Å². The number of hydrogen-bond donors (Lipinski definition) is 2. The lowest BCUT2D eigenvalue weighted by atomic mass is 10.1. The van der Waals surface area contributed by atoms with Gasteiger partial charge in [-0.15, -0.1) is 11.3 Å². The van der Waals surface area contributed by atoms with Gasteiger partial charge in [0.05, 0.1) is 29.9 Å². The second-order valence-electron chi connectivity index (χ2n) is 5.81. The van der Waals surface area contributed by atoms with Crippen molar-refractivity contribution >= 4 is 34.5 Å². The summed E-state index contributed by atoms with van der Waals surface area (Å²) in [7, 11) is 1.55. The van der Waals surface area contributed by atoms with Crippen molar-refractivity contribution in [1.82, 2.24) is 4.98 Å². The van der Waals surface area contributed by atoms with E-state index in [-0.39, 0.29) is 18.2 Å². The number of hydrogen-bond acceptors (Lipinski definition) is 5. The van der Waals surface area contributed by atoms with Crippen LogP contribution in [0, 0.1) is 6.92 Å². The van der Waals surface area contributed by atoms with E-state index in [1.54, 1.807) is 43.5 Å². The molecule has 0 saturated carbocycles. The molecule has 0 aliphatic carbocycles. The van der Waals surface area contributed by atoms with Gasteiger partial charge in [0.1, 0.15) is 5.75 Å². The summed E-state index contributed by atoms with van der Waals surface area (Å²) in [6.45, 7) is 1.90. The Hall–Kier alpha value is -3.19. The van der Waals surface area contributed by atoms with Crippen molar-refractivity contribution in [2.75, 3.05) is 17.7 Å². The van der Waals surface area contributed by atoms with Crippen LogP contribution in [0.25, 0.3) is 0 Å². The maximum atomic E-state index is 12.4. The molecule has 3 rings (SSSR count). The van der Waals surface area contributed by atoms with E-state index in [9.17, 15) is 9.59 Å². The zero-order valence-corrected chi connectivity index (χ0v) is 15.8. The smallest absolute Gasteiger partial charge is 0.255 e. The normalized spacial score (nSPS) is 10.3. The molecule has 7 heteroatoms. The summed E-state index contributed by atoms with van der Waals surface area (Å²) in [6, 6.07) is 13.9. The molecule has 0 radical (unpaired) electrons. The Balaban J connectivity index is 1.61. The van der Waals surface area contributed by atoms with Crippen molar-refractivity contribution in [1.29, 1.82) is 0 Å². The van der Waals surface area contributed by atoms with Gasteiger partial charge in [-0.1, -0.05) is 12.1 Å². The first-order valence-electron chi connectivity index (χ1n) is 8.30. The number of thiazole rings is 1. The highest BCUT2D eigenvalue weighted by molar-refractivity contribution is 7.09. The maximum Gasteiger partial charge on any atom is 0.255 e. The number of aryl methyl sites for hydroxylation is 1. The summed E-state index contributed by atoms with van der Waals surface area (Å²) in [6.07, 6.45) is 0.223. The summed E-state index contributed by atoms with van der Waals surface area (Å²) in [5.74, 6) is 0.189. The molecular weight excluding hydrogens is 362 g/mol. The lowest BCUT2D eigenvalue weighted by molar-refractivity contribution is -0.115. The lowest BCUT2D eigenvalue weighted by Crippen LogP contribution is -2.15. The summed E-state index contributed by atoms with van der Waals surface area (Å²) < 4.78 is 5.23. The number of nitrogens with one attached hydrogen (secondary N) is 2. The highest BCUT2D eigenvalue weighted by Gasteiger charge is 2.11. The molecule has 138 valence electrons. The number of carbonyl (C=O) groups is 2. The number of carbonyl (C=O) groups excluding carboxylic acids is 2. The van der Waals surface area contributed by atoms with E-state index < -0.39 is 0 Å². The zero-order valence-electron chi connectivity index (χ0n) is 15.0. The minimum atomic E-state index is -0.254. The summed E-state index contributed by atoms with van der Waals surface area (Å²) in [4.78, 5) is 28.8. The van der Waals surface area contributed by atoms with Crippen LogP contribution in [0.4, 0.5) is 11.4 Å². The minimum absolute atomic E-state index is 0.147. The van der Waals surface area contributed by atoms with Crippen molar-refractivity contribution in [3.63, 3.8) is 0 Å². The first-order valence-corrected chi connectivity index (χ1v) is 9.18. The Bertz CT molecular complexity index is 951. The Morgan fingerprint density at radius 3 is 2.48 bits per heavy atom. The van der Waals surface area contributed by atoms with Gasteiger partial charge in [-0.2, -0.15) is 0 Å². The van der Waals surface area contributed by atoms with Crippen LogP contribution in [0.3, 0.4) is 0 Å². The second-order valence-corrected chi connectivity index (χ2v) is 6.88. The van der Waals surface area contributed by atoms with Crippen LogP contribution in [0.15, 0.2) is 53.9 Å². The van der Waals surface area contributed by atoms with Gasteiger partial charge < -0.3 is 15.4 Å². The van der Waals surface area contributed by atoms with Crippen LogP contribution in [-0.4, -0.2) is 23.9 Å². The number of methoxy groups -OCH3 is 1.